The first kappa shape index (κ1) is 19.1. The van der Waals surface area contributed by atoms with Crippen LogP contribution in [0.1, 0.15) is 52.5 Å². The van der Waals surface area contributed by atoms with Crippen LogP contribution in [0.15, 0.2) is 0 Å². The molecule has 0 radical (unpaired) electrons. The fourth-order valence-corrected chi connectivity index (χ4v) is 3.26. The number of rotatable bonds is 5. The number of carbonyl (C=O) groups is 1. The Bertz CT molecular complexity index is 546. The van der Waals surface area contributed by atoms with Crippen LogP contribution in [0, 0.1) is 0 Å². The van der Waals surface area contributed by atoms with E-state index in [1.807, 2.05) is 0 Å². The summed E-state index contributed by atoms with van der Waals surface area (Å²) in [6.45, 7) is 10.7. The molecule has 2 heterocycles. The van der Waals surface area contributed by atoms with Gasteiger partial charge in [0.25, 0.3) is 0 Å². The molecule has 1 aliphatic rings. The summed E-state index contributed by atoms with van der Waals surface area (Å²) in [5, 5.41) is 12.3. The molecule has 1 aliphatic heterocycles. The molecule has 2 amide bonds. The maximum absolute atomic E-state index is 12.3. The van der Waals surface area contributed by atoms with Crippen molar-refractivity contribution in [1.29, 1.82) is 0 Å². The average Bonchev–Trinajstić information content (AvgIpc) is 3.13. The number of nitrogens with zero attached hydrogens (tertiary/aromatic N) is 3. The molecule has 136 valence electrons. The predicted octanol–water partition coefficient (Wildman–Crippen LogP) is 3.23. The van der Waals surface area contributed by atoms with Crippen LogP contribution in [0.4, 0.5) is 9.93 Å². The number of carbonyl (C=O) groups excluding carboxylic acids is 1. The second-order valence-corrected chi connectivity index (χ2v) is 8.05. The van der Waals surface area contributed by atoms with Gasteiger partial charge < -0.3 is 14.4 Å². The van der Waals surface area contributed by atoms with Crippen LogP contribution in [-0.4, -0.2) is 53.2 Å². The molecule has 1 aromatic heterocycles. The SMILES string of the molecule is CCC1OC(CN(C)C(=O)Nc2nnc(C(C)(C)C)s2)OC1CC. The first-order chi connectivity index (χ1) is 11.2. The molecule has 0 aliphatic carbocycles. The Balaban J connectivity index is 1.88. The van der Waals surface area contributed by atoms with Crippen LogP contribution in [0.5, 0.6) is 0 Å². The van der Waals surface area contributed by atoms with Crippen molar-refractivity contribution in [3.8, 4) is 0 Å². The number of amides is 2. The Morgan fingerprint density at radius 3 is 2.25 bits per heavy atom. The molecule has 8 heteroatoms. The largest absolute Gasteiger partial charge is 0.345 e. The highest BCUT2D eigenvalue weighted by molar-refractivity contribution is 7.15. The lowest BCUT2D eigenvalue weighted by Crippen LogP contribution is -2.37. The Labute approximate surface area is 147 Å². The van der Waals surface area contributed by atoms with Crippen LogP contribution >= 0.6 is 11.3 Å². The Morgan fingerprint density at radius 1 is 1.21 bits per heavy atom. The second-order valence-electron chi connectivity index (χ2n) is 7.07. The van der Waals surface area contributed by atoms with E-state index in [0.29, 0.717) is 11.7 Å². The Morgan fingerprint density at radius 2 is 1.79 bits per heavy atom. The molecular formula is C16H28N4O3S. The second kappa shape index (κ2) is 7.76. The molecular weight excluding hydrogens is 328 g/mol. The number of hydrogen-bond donors (Lipinski definition) is 1. The molecule has 1 fully saturated rings. The van der Waals surface area contributed by atoms with Crippen molar-refractivity contribution in [2.75, 3.05) is 18.9 Å². The number of aromatic nitrogens is 2. The van der Waals surface area contributed by atoms with Gasteiger partial charge in [-0.15, -0.1) is 10.2 Å². The Kier molecular flexibility index (Phi) is 6.17. The molecule has 1 aromatic rings. The van der Waals surface area contributed by atoms with Crippen LogP contribution in [-0.2, 0) is 14.9 Å². The number of likely N-dealkylation sites (N-methyl/N-ethyl adjacent to an activating group) is 1. The van der Waals surface area contributed by atoms with E-state index in [1.54, 1.807) is 11.9 Å². The molecule has 24 heavy (non-hydrogen) atoms. The average molecular weight is 356 g/mol. The summed E-state index contributed by atoms with van der Waals surface area (Å²) in [7, 11) is 1.72. The van der Waals surface area contributed by atoms with Crippen molar-refractivity contribution in [3.05, 3.63) is 5.01 Å². The quantitative estimate of drug-likeness (QED) is 0.876. The first-order valence-electron chi connectivity index (χ1n) is 8.41. The van der Waals surface area contributed by atoms with Gasteiger partial charge in [-0.1, -0.05) is 46.0 Å². The minimum Gasteiger partial charge on any atom is -0.345 e. The molecule has 0 bridgehead atoms. The van der Waals surface area contributed by atoms with Crippen LogP contribution < -0.4 is 5.32 Å². The molecule has 1 saturated heterocycles. The molecule has 2 unspecified atom stereocenters. The third kappa shape index (κ3) is 4.64. The van der Waals surface area contributed by atoms with E-state index in [9.17, 15) is 4.79 Å². The van der Waals surface area contributed by atoms with E-state index < -0.39 is 0 Å². The van der Waals surface area contributed by atoms with E-state index in [-0.39, 0.29) is 29.9 Å². The third-order valence-electron chi connectivity index (χ3n) is 3.92. The zero-order valence-electron chi connectivity index (χ0n) is 15.3. The topological polar surface area (TPSA) is 76.6 Å². The predicted molar refractivity (Wildman–Crippen MR) is 94.4 cm³/mol. The van der Waals surface area contributed by atoms with Gasteiger partial charge in [-0.3, -0.25) is 5.32 Å². The smallest absolute Gasteiger partial charge is 0.323 e. The zero-order chi connectivity index (χ0) is 17.9. The fourth-order valence-electron chi connectivity index (χ4n) is 2.47. The first-order valence-corrected chi connectivity index (χ1v) is 9.23. The van der Waals surface area contributed by atoms with E-state index in [1.165, 1.54) is 11.3 Å². The van der Waals surface area contributed by atoms with Gasteiger partial charge in [0, 0.05) is 12.5 Å². The number of nitrogens with one attached hydrogen (secondary N) is 1. The van der Waals surface area contributed by atoms with Gasteiger partial charge in [-0.2, -0.15) is 0 Å². The summed E-state index contributed by atoms with van der Waals surface area (Å²) in [6.07, 6.45) is 1.65. The lowest BCUT2D eigenvalue weighted by atomic mass is 9.98. The Hall–Kier alpha value is -1.25. The number of anilines is 1. The van der Waals surface area contributed by atoms with Gasteiger partial charge in [-0.05, 0) is 12.8 Å². The normalized spacial score (nSPS) is 24.2. The van der Waals surface area contributed by atoms with Gasteiger partial charge in [0.1, 0.15) is 5.01 Å². The van der Waals surface area contributed by atoms with Gasteiger partial charge in [0.15, 0.2) is 6.29 Å². The maximum atomic E-state index is 12.3. The van der Waals surface area contributed by atoms with Crippen LogP contribution in [0.25, 0.3) is 0 Å². The summed E-state index contributed by atoms with van der Waals surface area (Å²) < 4.78 is 11.7. The summed E-state index contributed by atoms with van der Waals surface area (Å²) in [4.78, 5) is 13.9. The molecule has 2 atom stereocenters. The molecule has 0 spiro atoms. The minimum absolute atomic E-state index is 0.0809. The van der Waals surface area contributed by atoms with Crippen molar-refractivity contribution in [3.63, 3.8) is 0 Å². The maximum Gasteiger partial charge on any atom is 0.323 e. The number of ether oxygens (including phenoxy) is 2. The highest BCUT2D eigenvalue weighted by Crippen LogP contribution is 2.28. The summed E-state index contributed by atoms with van der Waals surface area (Å²) in [6, 6.07) is -0.244. The molecule has 2 rings (SSSR count). The summed E-state index contributed by atoms with van der Waals surface area (Å²) >= 11 is 1.39. The molecule has 1 N–H and O–H groups in total. The van der Waals surface area contributed by atoms with Crippen molar-refractivity contribution in [2.24, 2.45) is 0 Å². The highest BCUT2D eigenvalue weighted by atomic mass is 32.1. The van der Waals surface area contributed by atoms with Crippen LogP contribution in [0.2, 0.25) is 0 Å². The van der Waals surface area contributed by atoms with Gasteiger partial charge in [0.2, 0.25) is 5.13 Å². The lowest BCUT2D eigenvalue weighted by molar-refractivity contribution is -0.0748. The number of hydrogen-bond acceptors (Lipinski definition) is 6. The lowest BCUT2D eigenvalue weighted by Gasteiger charge is -2.20. The fraction of sp³-hybridized carbons (Fsp3) is 0.812. The van der Waals surface area contributed by atoms with Crippen molar-refractivity contribution >= 4 is 22.5 Å². The van der Waals surface area contributed by atoms with Crippen molar-refractivity contribution in [2.45, 2.75) is 71.4 Å². The van der Waals surface area contributed by atoms with Crippen molar-refractivity contribution in [1.82, 2.24) is 15.1 Å². The summed E-state index contributed by atoms with van der Waals surface area (Å²) in [5.41, 5.74) is -0.0809. The van der Waals surface area contributed by atoms with Gasteiger partial charge >= 0.3 is 6.03 Å². The van der Waals surface area contributed by atoms with E-state index in [2.05, 4.69) is 50.1 Å². The van der Waals surface area contributed by atoms with E-state index >= 15 is 0 Å². The molecule has 0 aromatic carbocycles. The highest BCUT2D eigenvalue weighted by Gasteiger charge is 2.34. The zero-order valence-corrected chi connectivity index (χ0v) is 16.1. The van der Waals surface area contributed by atoms with E-state index in [4.69, 9.17) is 9.47 Å². The van der Waals surface area contributed by atoms with Crippen molar-refractivity contribution < 1.29 is 14.3 Å². The number of urea groups is 1. The monoisotopic (exact) mass is 356 g/mol. The summed E-state index contributed by atoms with van der Waals surface area (Å²) in [5.74, 6) is 0. The molecule has 0 saturated carbocycles. The third-order valence-corrected chi connectivity index (χ3v) is 5.19. The molecule has 7 nitrogen and oxygen atoms in total. The minimum atomic E-state index is -0.379. The van der Waals surface area contributed by atoms with Gasteiger partial charge in [0.05, 0.1) is 18.8 Å². The standard InChI is InChI=1S/C16H28N4O3S/c1-7-10-11(8-2)23-12(22-10)9-20(6)15(21)17-14-19-18-13(24-14)16(3,4)5/h10-12H,7-9H2,1-6H3,(H,17,19,21). The van der Waals surface area contributed by atoms with E-state index in [0.717, 1.165) is 17.8 Å². The van der Waals surface area contributed by atoms with Crippen LogP contribution in [0.3, 0.4) is 0 Å². The van der Waals surface area contributed by atoms with Gasteiger partial charge in [-0.25, -0.2) is 4.79 Å².